The predicted octanol–water partition coefficient (Wildman–Crippen LogP) is 4.58. The van der Waals surface area contributed by atoms with E-state index >= 15 is 0 Å². The second-order valence-corrected chi connectivity index (χ2v) is 4.21. The van der Waals surface area contributed by atoms with Gasteiger partial charge in [-0.3, -0.25) is 0 Å². The molecule has 76 valence electrons. The van der Waals surface area contributed by atoms with Crippen LogP contribution < -0.4 is 0 Å². The van der Waals surface area contributed by atoms with Crippen molar-refractivity contribution < 1.29 is 0 Å². The first-order valence-electron chi connectivity index (χ1n) is 5.46. The van der Waals surface area contributed by atoms with Gasteiger partial charge in [0, 0.05) is 0 Å². The van der Waals surface area contributed by atoms with Crippen molar-refractivity contribution in [2.75, 3.05) is 0 Å². The van der Waals surface area contributed by atoms with Crippen LogP contribution in [0.15, 0.2) is 24.3 Å². The Labute approximate surface area is 83.7 Å². The Kier molecular flexibility index (Phi) is 7.77. The molecule has 0 aromatic rings. The topological polar surface area (TPSA) is 0 Å². The Balaban J connectivity index is 3.45. The fourth-order valence-corrected chi connectivity index (χ4v) is 1.31. The maximum atomic E-state index is 2.29. The van der Waals surface area contributed by atoms with Crippen LogP contribution in [0, 0.1) is 11.8 Å². The Morgan fingerprint density at radius 2 is 1.69 bits per heavy atom. The highest BCUT2D eigenvalue weighted by Gasteiger charge is 1.98. The molecule has 13 heavy (non-hydrogen) atoms. The van der Waals surface area contributed by atoms with E-state index in [1.165, 1.54) is 19.3 Å². The molecule has 1 unspecified atom stereocenters. The molecule has 0 aromatic heterocycles. The first-order chi connectivity index (χ1) is 6.16. The van der Waals surface area contributed by atoms with E-state index < -0.39 is 0 Å². The highest BCUT2D eigenvalue weighted by Crippen LogP contribution is 2.13. The molecule has 0 aliphatic carbocycles. The minimum absolute atomic E-state index is 0.731. The van der Waals surface area contributed by atoms with Gasteiger partial charge in [-0.25, -0.2) is 0 Å². The average molecular weight is 180 g/mol. The first kappa shape index (κ1) is 12.5. The monoisotopic (exact) mass is 180 g/mol. The van der Waals surface area contributed by atoms with Gasteiger partial charge in [0.25, 0.3) is 0 Å². The van der Waals surface area contributed by atoms with Crippen LogP contribution >= 0.6 is 0 Å². The fraction of sp³-hybridized carbons (Fsp3) is 0.692. The molecule has 0 aliphatic heterocycles. The molecule has 0 radical (unpaired) electrons. The highest BCUT2D eigenvalue weighted by molar-refractivity contribution is 5.02. The third kappa shape index (κ3) is 9.39. The van der Waals surface area contributed by atoms with Gasteiger partial charge in [0.1, 0.15) is 0 Å². The van der Waals surface area contributed by atoms with Crippen molar-refractivity contribution in [3.8, 4) is 0 Å². The SMILES string of the molecule is CC=C/C=C/C(C)CCCC(C)C. The lowest BCUT2D eigenvalue weighted by Crippen LogP contribution is -1.92. The Morgan fingerprint density at radius 1 is 1.00 bits per heavy atom. The molecule has 0 spiro atoms. The van der Waals surface area contributed by atoms with Gasteiger partial charge in [0.15, 0.2) is 0 Å². The van der Waals surface area contributed by atoms with Crippen LogP contribution in [0.1, 0.15) is 47.0 Å². The number of rotatable bonds is 6. The lowest BCUT2D eigenvalue weighted by atomic mass is 9.99. The van der Waals surface area contributed by atoms with Crippen molar-refractivity contribution in [2.45, 2.75) is 47.0 Å². The lowest BCUT2D eigenvalue weighted by molar-refractivity contribution is 0.502. The normalized spacial score (nSPS) is 14.8. The molecule has 0 nitrogen and oxygen atoms in total. The van der Waals surface area contributed by atoms with Crippen molar-refractivity contribution in [3.05, 3.63) is 24.3 Å². The molecular formula is C13H24. The summed E-state index contributed by atoms with van der Waals surface area (Å²) in [5.41, 5.74) is 0. The first-order valence-corrected chi connectivity index (χ1v) is 5.46. The summed E-state index contributed by atoms with van der Waals surface area (Å²) in [6.07, 6.45) is 12.7. The average Bonchev–Trinajstić information content (AvgIpc) is 2.04. The van der Waals surface area contributed by atoms with Crippen molar-refractivity contribution in [2.24, 2.45) is 11.8 Å². The van der Waals surface area contributed by atoms with Crippen LogP contribution in [0.2, 0.25) is 0 Å². The Hall–Kier alpha value is -0.520. The second kappa shape index (κ2) is 8.10. The minimum Gasteiger partial charge on any atom is -0.0877 e. The molecule has 0 aromatic carbocycles. The highest BCUT2D eigenvalue weighted by atomic mass is 14.0. The number of hydrogen-bond acceptors (Lipinski definition) is 0. The van der Waals surface area contributed by atoms with Gasteiger partial charge in [-0.2, -0.15) is 0 Å². The van der Waals surface area contributed by atoms with Crippen LogP contribution in [0.4, 0.5) is 0 Å². The van der Waals surface area contributed by atoms with Gasteiger partial charge in [-0.1, -0.05) is 57.9 Å². The van der Waals surface area contributed by atoms with Gasteiger partial charge in [0.05, 0.1) is 0 Å². The smallest absolute Gasteiger partial charge is 0.0259 e. The van der Waals surface area contributed by atoms with E-state index in [1.54, 1.807) is 0 Å². The molecular weight excluding hydrogens is 156 g/mol. The molecule has 0 N–H and O–H groups in total. The van der Waals surface area contributed by atoms with Crippen LogP contribution in [0.5, 0.6) is 0 Å². The number of allylic oxidation sites excluding steroid dienone is 4. The molecule has 1 atom stereocenters. The standard InChI is InChI=1S/C13H24/c1-5-6-7-10-13(4)11-8-9-12(2)3/h5-7,10,12-13H,8-9,11H2,1-4H3/b6-5?,10-7+. The van der Waals surface area contributed by atoms with Crippen LogP contribution in [0.25, 0.3) is 0 Å². The van der Waals surface area contributed by atoms with Crippen LogP contribution in [-0.4, -0.2) is 0 Å². The summed E-state index contributed by atoms with van der Waals surface area (Å²) < 4.78 is 0. The largest absolute Gasteiger partial charge is 0.0877 e. The van der Waals surface area contributed by atoms with E-state index in [-0.39, 0.29) is 0 Å². The quantitative estimate of drug-likeness (QED) is 0.525. The summed E-state index contributed by atoms with van der Waals surface area (Å²) >= 11 is 0. The van der Waals surface area contributed by atoms with E-state index in [4.69, 9.17) is 0 Å². The molecule has 0 heteroatoms. The van der Waals surface area contributed by atoms with Gasteiger partial charge in [-0.05, 0) is 25.2 Å². The summed E-state index contributed by atoms with van der Waals surface area (Å²) in [5.74, 6) is 1.58. The van der Waals surface area contributed by atoms with Crippen LogP contribution in [0.3, 0.4) is 0 Å². The zero-order valence-corrected chi connectivity index (χ0v) is 9.59. The van der Waals surface area contributed by atoms with E-state index in [9.17, 15) is 0 Å². The summed E-state index contributed by atoms with van der Waals surface area (Å²) in [4.78, 5) is 0. The second-order valence-electron chi connectivity index (χ2n) is 4.21. The van der Waals surface area contributed by atoms with Gasteiger partial charge >= 0.3 is 0 Å². The third-order valence-corrected chi connectivity index (χ3v) is 2.18. The molecule has 0 bridgehead atoms. The van der Waals surface area contributed by atoms with Crippen molar-refractivity contribution in [3.63, 3.8) is 0 Å². The summed E-state index contributed by atoms with van der Waals surface area (Å²) in [6.45, 7) is 8.93. The molecule has 0 rings (SSSR count). The Morgan fingerprint density at radius 3 is 2.23 bits per heavy atom. The van der Waals surface area contributed by atoms with E-state index in [0.717, 1.165) is 11.8 Å². The zero-order valence-electron chi connectivity index (χ0n) is 9.59. The summed E-state index contributed by atoms with van der Waals surface area (Å²) in [6, 6.07) is 0. The van der Waals surface area contributed by atoms with Gasteiger partial charge in [0.2, 0.25) is 0 Å². The molecule has 0 saturated carbocycles. The van der Waals surface area contributed by atoms with Gasteiger partial charge in [-0.15, -0.1) is 0 Å². The molecule has 0 amide bonds. The maximum absolute atomic E-state index is 2.29. The van der Waals surface area contributed by atoms with Crippen molar-refractivity contribution in [1.82, 2.24) is 0 Å². The maximum Gasteiger partial charge on any atom is -0.0259 e. The zero-order chi connectivity index (χ0) is 10.1. The van der Waals surface area contributed by atoms with E-state index in [2.05, 4.69) is 45.1 Å². The molecule has 0 aliphatic rings. The minimum atomic E-state index is 0.731. The predicted molar refractivity (Wildman–Crippen MR) is 61.8 cm³/mol. The van der Waals surface area contributed by atoms with Crippen LogP contribution in [-0.2, 0) is 0 Å². The molecule has 0 fully saturated rings. The van der Waals surface area contributed by atoms with Crippen molar-refractivity contribution in [1.29, 1.82) is 0 Å². The summed E-state index contributed by atoms with van der Waals surface area (Å²) in [7, 11) is 0. The lowest BCUT2D eigenvalue weighted by Gasteiger charge is -2.07. The van der Waals surface area contributed by atoms with Gasteiger partial charge < -0.3 is 0 Å². The van der Waals surface area contributed by atoms with E-state index in [0.29, 0.717) is 0 Å². The molecule has 0 saturated heterocycles. The Bertz CT molecular complexity index is 151. The van der Waals surface area contributed by atoms with Crippen molar-refractivity contribution >= 4 is 0 Å². The number of hydrogen-bond donors (Lipinski definition) is 0. The third-order valence-electron chi connectivity index (χ3n) is 2.18. The molecule has 0 heterocycles. The summed E-state index contributed by atoms with van der Waals surface area (Å²) in [5, 5.41) is 0. The fourth-order valence-electron chi connectivity index (χ4n) is 1.31. The van der Waals surface area contributed by atoms with E-state index in [1.807, 2.05) is 6.92 Å².